The molecule has 0 amide bonds. The zero-order valence-corrected chi connectivity index (χ0v) is 20.7. The van der Waals surface area contributed by atoms with E-state index in [0.29, 0.717) is 0 Å². The Morgan fingerprint density at radius 3 is 1.09 bits per heavy atom. The Kier molecular flexibility index (Phi) is 6.88. The molecule has 4 aromatic rings. The maximum atomic E-state index is 9.88. The van der Waals surface area contributed by atoms with Crippen LogP contribution in [0.4, 0.5) is 0 Å². The number of aromatic hydroxyl groups is 3. The van der Waals surface area contributed by atoms with Gasteiger partial charge in [0, 0.05) is 10.8 Å². The summed E-state index contributed by atoms with van der Waals surface area (Å²) in [6, 6.07) is 31.2. The average Bonchev–Trinajstić information content (AvgIpc) is 2.88. The summed E-state index contributed by atoms with van der Waals surface area (Å²) in [5.74, 6) is 0.751. The van der Waals surface area contributed by atoms with Gasteiger partial charge in [0.1, 0.15) is 17.2 Å². The molecule has 3 nitrogen and oxygen atoms in total. The van der Waals surface area contributed by atoms with Gasteiger partial charge in [-0.2, -0.15) is 0 Å². The smallest absolute Gasteiger partial charge is 0.115 e. The van der Waals surface area contributed by atoms with Crippen LogP contribution in [0.25, 0.3) is 0 Å². The van der Waals surface area contributed by atoms with Crippen molar-refractivity contribution in [2.24, 2.45) is 0 Å². The fraction of sp³-hybridized carbons (Fsp3) is 0.250. The molecule has 4 rings (SSSR count). The molecule has 0 saturated heterocycles. The Hall–Kier alpha value is -3.72. The number of phenols is 3. The molecule has 0 aliphatic carbocycles. The van der Waals surface area contributed by atoms with Crippen molar-refractivity contribution in [1.29, 1.82) is 0 Å². The van der Waals surface area contributed by atoms with Gasteiger partial charge in [0.05, 0.1) is 0 Å². The maximum Gasteiger partial charge on any atom is 0.115 e. The van der Waals surface area contributed by atoms with Crippen LogP contribution in [0.3, 0.4) is 0 Å². The van der Waals surface area contributed by atoms with E-state index in [1.165, 1.54) is 11.1 Å². The van der Waals surface area contributed by atoms with Crippen LogP contribution in [0.15, 0.2) is 97.1 Å². The first-order chi connectivity index (χ1) is 16.8. The molecule has 0 aliphatic heterocycles. The SMILES string of the molecule is CCCC(CC)(c1ccc(O)cc1)c1ccc(C(C)(c2ccc(O)cc2)c2ccc(O)cc2)cc1. The van der Waals surface area contributed by atoms with Gasteiger partial charge in [-0.25, -0.2) is 0 Å². The van der Waals surface area contributed by atoms with Crippen molar-refractivity contribution >= 4 is 0 Å². The lowest BCUT2D eigenvalue weighted by Crippen LogP contribution is -2.28. The van der Waals surface area contributed by atoms with Gasteiger partial charge in [0.25, 0.3) is 0 Å². The van der Waals surface area contributed by atoms with Gasteiger partial charge in [0.2, 0.25) is 0 Å². The quantitative estimate of drug-likeness (QED) is 0.234. The van der Waals surface area contributed by atoms with Gasteiger partial charge < -0.3 is 15.3 Å². The normalized spacial score (nSPS) is 13.3. The van der Waals surface area contributed by atoms with Gasteiger partial charge in [-0.15, -0.1) is 0 Å². The predicted molar refractivity (Wildman–Crippen MR) is 142 cm³/mol. The van der Waals surface area contributed by atoms with Crippen molar-refractivity contribution in [2.45, 2.75) is 50.9 Å². The summed E-state index contributed by atoms with van der Waals surface area (Å²) in [4.78, 5) is 0. The zero-order chi connectivity index (χ0) is 25.1. The first kappa shape index (κ1) is 24.4. The lowest BCUT2D eigenvalue weighted by Gasteiger charge is -2.36. The second-order valence-electron chi connectivity index (χ2n) is 9.53. The van der Waals surface area contributed by atoms with E-state index in [1.54, 1.807) is 36.4 Å². The Balaban J connectivity index is 1.84. The molecule has 0 bridgehead atoms. The number of hydrogen-bond donors (Lipinski definition) is 3. The topological polar surface area (TPSA) is 60.7 Å². The van der Waals surface area contributed by atoms with E-state index in [2.05, 4.69) is 45.0 Å². The maximum absolute atomic E-state index is 9.88. The van der Waals surface area contributed by atoms with E-state index in [1.807, 2.05) is 36.4 Å². The average molecular weight is 467 g/mol. The van der Waals surface area contributed by atoms with E-state index in [-0.39, 0.29) is 22.7 Å². The van der Waals surface area contributed by atoms with Crippen LogP contribution in [0, 0.1) is 0 Å². The molecule has 1 atom stereocenters. The van der Waals surface area contributed by atoms with Crippen molar-refractivity contribution in [1.82, 2.24) is 0 Å². The fourth-order valence-corrected chi connectivity index (χ4v) is 5.46. The highest BCUT2D eigenvalue weighted by Crippen LogP contribution is 2.43. The van der Waals surface area contributed by atoms with E-state index in [4.69, 9.17) is 0 Å². The molecule has 0 fully saturated rings. The van der Waals surface area contributed by atoms with Crippen LogP contribution in [-0.2, 0) is 10.8 Å². The van der Waals surface area contributed by atoms with Gasteiger partial charge in [-0.05, 0) is 84.0 Å². The Morgan fingerprint density at radius 1 is 0.486 bits per heavy atom. The molecular formula is C32H34O3. The van der Waals surface area contributed by atoms with Crippen LogP contribution >= 0.6 is 0 Å². The first-order valence-corrected chi connectivity index (χ1v) is 12.3. The highest BCUT2D eigenvalue weighted by atomic mass is 16.3. The molecule has 3 N–H and O–H groups in total. The van der Waals surface area contributed by atoms with Crippen LogP contribution in [0.1, 0.15) is 67.9 Å². The molecule has 0 aliphatic rings. The number of phenolic OH excluding ortho intramolecular Hbond substituents is 3. The molecule has 1 unspecified atom stereocenters. The number of benzene rings is 4. The van der Waals surface area contributed by atoms with Crippen molar-refractivity contribution < 1.29 is 15.3 Å². The minimum atomic E-state index is -0.474. The summed E-state index contributed by atoms with van der Waals surface area (Å²) in [6.45, 7) is 6.62. The minimum absolute atomic E-state index is 0.131. The molecule has 3 heteroatoms. The largest absolute Gasteiger partial charge is 0.508 e. The summed E-state index contributed by atoms with van der Waals surface area (Å²) in [7, 11) is 0. The first-order valence-electron chi connectivity index (χ1n) is 12.3. The fourth-order valence-electron chi connectivity index (χ4n) is 5.46. The Morgan fingerprint density at radius 2 is 0.771 bits per heavy atom. The molecule has 35 heavy (non-hydrogen) atoms. The third-order valence-corrected chi connectivity index (χ3v) is 7.60. The monoisotopic (exact) mass is 466 g/mol. The second kappa shape index (κ2) is 9.87. The second-order valence-corrected chi connectivity index (χ2v) is 9.53. The molecule has 0 radical (unpaired) electrons. The lowest BCUT2D eigenvalue weighted by atomic mass is 9.67. The van der Waals surface area contributed by atoms with Crippen molar-refractivity contribution in [3.63, 3.8) is 0 Å². The van der Waals surface area contributed by atoms with Crippen LogP contribution in [-0.4, -0.2) is 15.3 Å². The van der Waals surface area contributed by atoms with Gasteiger partial charge in [-0.3, -0.25) is 0 Å². The molecule has 4 aromatic carbocycles. The van der Waals surface area contributed by atoms with Crippen LogP contribution < -0.4 is 0 Å². The van der Waals surface area contributed by atoms with Crippen LogP contribution in [0.5, 0.6) is 17.2 Å². The summed E-state index contributed by atoms with van der Waals surface area (Å²) in [6.07, 6.45) is 3.02. The molecule has 0 aromatic heterocycles. The third kappa shape index (κ3) is 4.51. The van der Waals surface area contributed by atoms with E-state index in [0.717, 1.165) is 36.0 Å². The van der Waals surface area contributed by atoms with Crippen molar-refractivity contribution in [3.8, 4) is 17.2 Å². The summed E-state index contributed by atoms with van der Waals surface area (Å²) >= 11 is 0. The number of rotatable bonds is 8. The van der Waals surface area contributed by atoms with Gasteiger partial charge >= 0.3 is 0 Å². The summed E-state index contributed by atoms with van der Waals surface area (Å²) in [5, 5.41) is 29.6. The van der Waals surface area contributed by atoms with Crippen LogP contribution in [0.2, 0.25) is 0 Å². The Labute approximate surface area is 208 Å². The van der Waals surface area contributed by atoms with E-state index >= 15 is 0 Å². The summed E-state index contributed by atoms with van der Waals surface area (Å²) < 4.78 is 0. The Bertz CT molecular complexity index is 1190. The molecule has 180 valence electrons. The molecule has 0 heterocycles. The van der Waals surface area contributed by atoms with E-state index in [9.17, 15) is 15.3 Å². The standard InChI is InChI=1S/C32H34O3/c1-4-22-32(5-2,27-14-20-30(35)21-15-27)26-8-6-23(7-9-26)31(3,24-10-16-28(33)17-11-24)25-12-18-29(34)19-13-25/h6-21,33-35H,4-5,22H2,1-3H3. The third-order valence-electron chi connectivity index (χ3n) is 7.60. The zero-order valence-electron chi connectivity index (χ0n) is 20.7. The molecular weight excluding hydrogens is 432 g/mol. The molecule has 0 spiro atoms. The molecule has 0 saturated carbocycles. The highest BCUT2D eigenvalue weighted by molar-refractivity contribution is 5.52. The number of hydrogen-bond acceptors (Lipinski definition) is 3. The van der Waals surface area contributed by atoms with E-state index < -0.39 is 5.41 Å². The van der Waals surface area contributed by atoms with Gasteiger partial charge in [-0.1, -0.05) is 80.9 Å². The summed E-state index contributed by atoms with van der Waals surface area (Å²) in [5.41, 5.74) is 5.12. The highest BCUT2D eigenvalue weighted by Gasteiger charge is 2.34. The lowest BCUT2D eigenvalue weighted by molar-refractivity contribution is 0.446. The van der Waals surface area contributed by atoms with Crippen molar-refractivity contribution in [2.75, 3.05) is 0 Å². The van der Waals surface area contributed by atoms with Crippen molar-refractivity contribution in [3.05, 3.63) is 125 Å². The minimum Gasteiger partial charge on any atom is -0.508 e. The van der Waals surface area contributed by atoms with Gasteiger partial charge in [0.15, 0.2) is 0 Å². The predicted octanol–water partition coefficient (Wildman–Crippen LogP) is 7.65.